The third-order valence-electron chi connectivity index (χ3n) is 9.96. The van der Waals surface area contributed by atoms with Crippen molar-refractivity contribution in [1.82, 2.24) is 10.6 Å². The van der Waals surface area contributed by atoms with Crippen LogP contribution in [0.3, 0.4) is 0 Å². The predicted octanol–water partition coefficient (Wildman–Crippen LogP) is 12.1. The fraction of sp³-hybridized carbons (Fsp3) is 0.244. The van der Waals surface area contributed by atoms with Gasteiger partial charge in [-0.1, -0.05) is 30.1 Å². The Kier molecular flexibility index (Phi) is 18.4. The minimum Gasteiger partial charge on any atom is -0.442 e. The number of nitrogens with zero attached hydrogens (tertiary/aromatic N) is 4. The lowest BCUT2D eigenvalue weighted by Gasteiger charge is -2.21. The van der Waals surface area contributed by atoms with Gasteiger partial charge in [-0.15, -0.1) is 45.3 Å². The van der Waals surface area contributed by atoms with Crippen LogP contribution in [-0.2, 0) is 9.47 Å². The number of amidine groups is 1. The quantitative estimate of drug-likeness (QED) is 0.0902. The second-order valence-corrected chi connectivity index (χ2v) is 23.4. The van der Waals surface area contributed by atoms with Gasteiger partial charge in [0.2, 0.25) is 0 Å². The van der Waals surface area contributed by atoms with Crippen LogP contribution in [0.25, 0.3) is 0 Å². The zero-order valence-corrected chi connectivity index (χ0v) is 44.4. The van der Waals surface area contributed by atoms with E-state index in [-0.39, 0.29) is 31.0 Å². The van der Waals surface area contributed by atoms with Gasteiger partial charge in [0.1, 0.15) is 18.0 Å². The molecular formula is C45H40Br2Cl3N7O7S4. The maximum absolute atomic E-state index is 12.4. The van der Waals surface area contributed by atoms with Crippen LogP contribution in [0.15, 0.2) is 110 Å². The Morgan fingerprint density at radius 3 is 1.57 bits per heavy atom. The van der Waals surface area contributed by atoms with E-state index in [1.54, 1.807) is 34.1 Å². The number of thiophene rings is 4. The fourth-order valence-corrected chi connectivity index (χ4v) is 11.5. The van der Waals surface area contributed by atoms with Crippen LogP contribution in [0.4, 0.5) is 32.3 Å². The van der Waals surface area contributed by atoms with Gasteiger partial charge in [-0.05, 0) is 147 Å². The van der Waals surface area contributed by atoms with Gasteiger partial charge in [0.25, 0.3) is 17.1 Å². The minimum absolute atomic E-state index is 0.165. The Morgan fingerprint density at radius 1 is 0.662 bits per heavy atom. The number of benzene rings is 2. The average molecular weight is 1190 g/mol. The molecule has 0 bridgehead atoms. The summed E-state index contributed by atoms with van der Waals surface area (Å²) >= 11 is 28.8. The SMILES string of the molecule is CCCNc1ccc(N2C[C@H](CNC(=O)c3ccc(Br)s3)OC2=O)cc1.O=C(Cl)c1ccc(Cl)s1.O=C(NC[C@H]1CN(c2ccc(N3CCN=C3c3ccc(Cl)s3)cc2)C(=O)O1)c1ccc(Br)s1. The molecule has 356 valence electrons. The van der Waals surface area contributed by atoms with E-state index >= 15 is 0 Å². The number of carbonyl (C=O) groups is 5. The summed E-state index contributed by atoms with van der Waals surface area (Å²) in [5.41, 5.74) is 3.55. The van der Waals surface area contributed by atoms with E-state index in [4.69, 9.17) is 44.3 Å². The van der Waals surface area contributed by atoms with Crippen molar-refractivity contribution < 1.29 is 33.4 Å². The molecule has 2 fully saturated rings. The first-order chi connectivity index (χ1) is 32.7. The number of halogens is 5. The van der Waals surface area contributed by atoms with Crippen LogP contribution < -0.4 is 30.7 Å². The molecule has 7 heterocycles. The normalized spacial score (nSPS) is 16.3. The third kappa shape index (κ3) is 13.8. The second kappa shape index (κ2) is 24.4. The van der Waals surface area contributed by atoms with E-state index < -0.39 is 23.5 Å². The van der Waals surface area contributed by atoms with Crippen molar-refractivity contribution >= 4 is 170 Å². The van der Waals surface area contributed by atoms with Gasteiger partial charge in [-0.25, -0.2) is 9.59 Å². The molecular weight excluding hydrogens is 1140 g/mol. The zero-order chi connectivity index (χ0) is 48.3. The number of amides is 4. The Hall–Kier alpha value is -4.51. The van der Waals surface area contributed by atoms with Crippen molar-refractivity contribution in [3.05, 3.63) is 133 Å². The van der Waals surface area contributed by atoms with Crippen LogP contribution in [0, 0.1) is 0 Å². The molecule has 23 heteroatoms. The molecule has 14 nitrogen and oxygen atoms in total. The molecule has 9 rings (SSSR count). The first-order valence-electron chi connectivity index (χ1n) is 20.7. The zero-order valence-electron chi connectivity index (χ0n) is 35.7. The van der Waals surface area contributed by atoms with E-state index in [9.17, 15) is 24.0 Å². The van der Waals surface area contributed by atoms with Gasteiger partial charge in [0, 0.05) is 35.8 Å². The van der Waals surface area contributed by atoms with E-state index in [1.807, 2.05) is 72.8 Å². The number of anilines is 4. The van der Waals surface area contributed by atoms with Gasteiger partial charge in [-0.2, -0.15) is 0 Å². The Bertz CT molecular complexity index is 2770. The molecule has 3 aliphatic rings. The van der Waals surface area contributed by atoms with Crippen molar-refractivity contribution in [1.29, 1.82) is 0 Å². The van der Waals surface area contributed by atoms with E-state index in [2.05, 4.69) is 64.6 Å². The molecule has 4 amide bonds. The topological polar surface area (TPSA) is 162 Å². The number of cyclic esters (lactones) is 2. The maximum Gasteiger partial charge on any atom is 0.414 e. The van der Waals surface area contributed by atoms with Crippen LogP contribution in [0.2, 0.25) is 8.67 Å². The summed E-state index contributed by atoms with van der Waals surface area (Å²) in [5, 5.41) is 8.50. The summed E-state index contributed by atoms with van der Waals surface area (Å²) < 4.78 is 13.9. The van der Waals surface area contributed by atoms with Crippen molar-refractivity contribution in [3.63, 3.8) is 0 Å². The smallest absolute Gasteiger partial charge is 0.414 e. The number of aliphatic imine (C=N–C) groups is 1. The number of nitrogens with one attached hydrogen (secondary N) is 3. The van der Waals surface area contributed by atoms with E-state index in [1.165, 1.54) is 45.3 Å². The average Bonchev–Trinajstić information content (AvgIpc) is 4.20. The monoisotopic (exact) mass is 1180 g/mol. The highest BCUT2D eigenvalue weighted by Crippen LogP contribution is 2.31. The summed E-state index contributed by atoms with van der Waals surface area (Å²) in [7, 11) is 0. The largest absolute Gasteiger partial charge is 0.442 e. The first-order valence-corrected chi connectivity index (χ1v) is 26.7. The fourth-order valence-electron chi connectivity index (χ4n) is 6.74. The summed E-state index contributed by atoms with van der Waals surface area (Å²) in [6, 6.07) is 29.7. The molecule has 0 radical (unpaired) electrons. The Balaban J connectivity index is 0.000000174. The molecule has 0 spiro atoms. The third-order valence-corrected chi connectivity index (χ3v) is 16.0. The van der Waals surface area contributed by atoms with Gasteiger partial charge < -0.3 is 30.3 Å². The molecule has 0 aliphatic carbocycles. The number of hydrogen-bond donors (Lipinski definition) is 3. The van der Waals surface area contributed by atoms with Crippen LogP contribution in [0.5, 0.6) is 0 Å². The number of rotatable bonds is 14. The summed E-state index contributed by atoms with van der Waals surface area (Å²) in [6.07, 6.45) is -0.538. The van der Waals surface area contributed by atoms with Crippen LogP contribution in [-0.4, -0.2) is 93.1 Å². The van der Waals surface area contributed by atoms with Crippen molar-refractivity contribution in [3.8, 4) is 0 Å². The van der Waals surface area contributed by atoms with E-state index in [0.29, 0.717) is 32.1 Å². The molecule has 2 aromatic carbocycles. The maximum atomic E-state index is 12.4. The second-order valence-electron chi connectivity index (χ2n) is 14.7. The number of carbonyl (C=O) groups excluding carboxylic acids is 5. The Labute approximate surface area is 439 Å². The lowest BCUT2D eigenvalue weighted by molar-refractivity contribution is 0.0915. The summed E-state index contributed by atoms with van der Waals surface area (Å²) in [5.74, 6) is 0.565. The van der Waals surface area contributed by atoms with Gasteiger partial charge in [0.15, 0.2) is 0 Å². The highest BCUT2D eigenvalue weighted by molar-refractivity contribution is 9.11. The molecule has 0 saturated carbocycles. The number of ether oxygens (including phenoxy) is 2. The van der Waals surface area contributed by atoms with Crippen LogP contribution in [0.1, 0.15) is 47.2 Å². The minimum atomic E-state index is -0.452. The lowest BCUT2D eigenvalue weighted by Crippen LogP contribution is -2.34. The number of hydrogen-bond acceptors (Lipinski definition) is 14. The van der Waals surface area contributed by atoms with Crippen molar-refractivity contribution in [2.75, 3.05) is 65.8 Å². The highest BCUT2D eigenvalue weighted by Gasteiger charge is 2.34. The highest BCUT2D eigenvalue weighted by atomic mass is 79.9. The van der Waals surface area contributed by atoms with Crippen molar-refractivity contribution in [2.45, 2.75) is 25.6 Å². The van der Waals surface area contributed by atoms with Gasteiger partial charge in [-0.3, -0.25) is 29.2 Å². The molecule has 3 aliphatic heterocycles. The van der Waals surface area contributed by atoms with Gasteiger partial charge >= 0.3 is 12.2 Å². The molecule has 2 atom stereocenters. The summed E-state index contributed by atoms with van der Waals surface area (Å²) in [4.78, 5) is 72.0. The lowest BCUT2D eigenvalue weighted by atomic mass is 10.2. The molecule has 4 aromatic heterocycles. The molecule has 68 heavy (non-hydrogen) atoms. The van der Waals surface area contributed by atoms with Crippen LogP contribution >= 0.6 is 112 Å². The first kappa shape index (κ1) is 51.3. The van der Waals surface area contributed by atoms with Gasteiger partial charge in [0.05, 0.1) is 68.5 Å². The Morgan fingerprint density at radius 2 is 1.15 bits per heavy atom. The molecule has 0 unspecified atom stereocenters. The van der Waals surface area contributed by atoms with Crippen molar-refractivity contribution in [2.24, 2.45) is 4.99 Å². The molecule has 2 saturated heterocycles. The molecule has 6 aromatic rings. The standard InChI is InChI=1S/C22H18BrClN4O3S2.C18H20BrN3O3S.C5H2Cl2OS/c23-18-7-5-17(32-18)21(29)26-11-15-12-28(22(30)31-15)14-3-1-13(2-4-14)27-10-9-25-20(27)16-6-8-19(24)33-16;1-2-9-20-12-3-5-13(6-4-12)22-11-14(25-18(22)24)10-21-17(23)15-7-8-16(19)26-15;6-4-2-1-3(9-4)5(7)8/h1-8,15H,9-12H2,(H,26,29);3-8,14,20H,2,9-11H2,1H3,(H,21,23);1-2H/t15-;14-;/m00./s1. The predicted molar refractivity (Wildman–Crippen MR) is 283 cm³/mol. The summed E-state index contributed by atoms with van der Waals surface area (Å²) in [6.45, 7) is 5.86. The molecule has 3 N–H and O–H groups in total. The van der Waals surface area contributed by atoms with E-state index in [0.717, 1.165) is 71.4 Å².